The lowest BCUT2D eigenvalue weighted by atomic mass is 10.00. The topological polar surface area (TPSA) is 24.9 Å². The number of hydrogen-bond acceptors (Lipinski definition) is 2. The zero-order valence-electron chi connectivity index (χ0n) is 11.8. The molecule has 2 heteroatoms. The maximum Gasteiger partial charge on any atom is 0.0375 e. The molecule has 1 N–H and O–H groups in total. The lowest BCUT2D eigenvalue weighted by molar-refractivity contribution is 0.483. The first kappa shape index (κ1) is 14.9. The van der Waals surface area contributed by atoms with Crippen molar-refractivity contribution in [3.63, 3.8) is 0 Å². The zero-order chi connectivity index (χ0) is 13.2. The summed E-state index contributed by atoms with van der Waals surface area (Å²) in [5, 5.41) is 3.57. The van der Waals surface area contributed by atoms with Gasteiger partial charge in [-0.2, -0.15) is 0 Å². The molecule has 0 amide bonds. The molecule has 0 fully saturated rings. The van der Waals surface area contributed by atoms with Crippen molar-refractivity contribution in [2.45, 2.75) is 52.0 Å². The van der Waals surface area contributed by atoms with Crippen LogP contribution in [-0.4, -0.2) is 11.5 Å². The minimum absolute atomic E-state index is 0.473. The Bertz CT molecular complexity index is 347. The fourth-order valence-corrected chi connectivity index (χ4v) is 2.23. The summed E-state index contributed by atoms with van der Waals surface area (Å²) in [7, 11) is 0. The minimum atomic E-state index is 0.473. The molecule has 1 heterocycles. The first-order valence-corrected chi connectivity index (χ1v) is 7.04. The average molecular weight is 246 g/mol. The van der Waals surface area contributed by atoms with Gasteiger partial charge in [-0.15, -0.1) is 6.58 Å². The Hall–Kier alpha value is -1.15. The van der Waals surface area contributed by atoms with Gasteiger partial charge in [-0.05, 0) is 50.4 Å². The summed E-state index contributed by atoms with van der Waals surface area (Å²) in [6.07, 6.45) is 10.1. The monoisotopic (exact) mass is 246 g/mol. The molecule has 18 heavy (non-hydrogen) atoms. The van der Waals surface area contributed by atoms with Crippen LogP contribution in [-0.2, 0) is 0 Å². The molecule has 1 rings (SSSR count). The van der Waals surface area contributed by atoms with Crippen molar-refractivity contribution in [1.82, 2.24) is 10.3 Å². The molecule has 2 nitrogen and oxygen atoms in total. The number of rotatable bonds is 9. The van der Waals surface area contributed by atoms with Crippen molar-refractivity contribution in [3.8, 4) is 0 Å². The zero-order valence-corrected chi connectivity index (χ0v) is 11.8. The Labute approximate surface area is 112 Å². The second-order valence-electron chi connectivity index (χ2n) is 4.77. The van der Waals surface area contributed by atoms with E-state index in [0.29, 0.717) is 6.04 Å². The molecule has 0 aromatic carbocycles. The molecular weight excluding hydrogens is 220 g/mol. The highest BCUT2D eigenvalue weighted by atomic mass is 14.9. The summed E-state index contributed by atoms with van der Waals surface area (Å²) in [4.78, 5) is 4.26. The van der Waals surface area contributed by atoms with Crippen LogP contribution in [0.5, 0.6) is 0 Å². The third kappa shape index (κ3) is 5.46. The van der Waals surface area contributed by atoms with E-state index in [-0.39, 0.29) is 0 Å². The van der Waals surface area contributed by atoms with Crippen molar-refractivity contribution in [2.75, 3.05) is 6.54 Å². The van der Waals surface area contributed by atoms with Crippen LogP contribution >= 0.6 is 0 Å². The smallest absolute Gasteiger partial charge is 0.0375 e. The predicted molar refractivity (Wildman–Crippen MR) is 78.7 cm³/mol. The van der Waals surface area contributed by atoms with Crippen LogP contribution in [0.15, 0.2) is 31.0 Å². The lowest BCUT2D eigenvalue weighted by Gasteiger charge is -2.18. The first-order valence-electron chi connectivity index (χ1n) is 7.04. The van der Waals surface area contributed by atoms with Crippen molar-refractivity contribution < 1.29 is 0 Å². The van der Waals surface area contributed by atoms with Crippen LogP contribution in [0.3, 0.4) is 0 Å². The summed E-state index contributed by atoms with van der Waals surface area (Å²) in [6.45, 7) is 8.99. The largest absolute Gasteiger partial charge is 0.310 e. The van der Waals surface area contributed by atoms with E-state index in [2.05, 4.69) is 42.9 Å². The summed E-state index contributed by atoms with van der Waals surface area (Å²) in [5.74, 6) is 0. The predicted octanol–water partition coefficient (Wildman–Crippen LogP) is 4.18. The van der Waals surface area contributed by atoms with Gasteiger partial charge in [0.1, 0.15) is 0 Å². The van der Waals surface area contributed by atoms with Crippen molar-refractivity contribution in [3.05, 3.63) is 42.2 Å². The fraction of sp³-hybridized carbons (Fsp3) is 0.562. The van der Waals surface area contributed by atoms with Crippen LogP contribution in [0.25, 0.3) is 0 Å². The molecule has 0 saturated heterocycles. The van der Waals surface area contributed by atoms with Gasteiger partial charge in [-0.1, -0.05) is 25.8 Å². The normalized spacial score (nSPS) is 12.3. The van der Waals surface area contributed by atoms with Crippen LogP contribution in [0.1, 0.15) is 56.3 Å². The van der Waals surface area contributed by atoms with E-state index in [1.54, 1.807) is 0 Å². The maximum atomic E-state index is 4.26. The Balaban J connectivity index is 2.46. The first-order chi connectivity index (χ1) is 8.77. The molecule has 1 atom stereocenters. The van der Waals surface area contributed by atoms with E-state index in [1.165, 1.54) is 31.2 Å². The molecule has 1 aromatic rings. The van der Waals surface area contributed by atoms with E-state index < -0.39 is 0 Å². The van der Waals surface area contributed by atoms with E-state index in [0.717, 1.165) is 18.7 Å². The van der Waals surface area contributed by atoms with Crippen molar-refractivity contribution >= 4 is 0 Å². The number of hydrogen-bond donors (Lipinski definition) is 1. The van der Waals surface area contributed by atoms with Gasteiger partial charge < -0.3 is 5.32 Å². The highest BCUT2D eigenvalue weighted by Gasteiger charge is 2.09. The Morgan fingerprint density at radius 1 is 1.39 bits per heavy atom. The molecule has 1 unspecified atom stereocenters. The number of aromatic nitrogens is 1. The van der Waals surface area contributed by atoms with Gasteiger partial charge >= 0.3 is 0 Å². The fourth-order valence-electron chi connectivity index (χ4n) is 2.23. The minimum Gasteiger partial charge on any atom is -0.310 e. The Kier molecular flexibility index (Phi) is 7.35. The summed E-state index contributed by atoms with van der Waals surface area (Å²) >= 11 is 0. The van der Waals surface area contributed by atoms with Crippen molar-refractivity contribution in [2.24, 2.45) is 0 Å². The number of allylic oxidation sites excluding steroid dienone is 1. The van der Waals surface area contributed by atoms with Crippen LogP contribution in [0.2, 0.25) is 0 Å². The lowest BCUT2D eigenvalue weighted by Crippen LogP contribution is -2.21. The van der Waals surface area contributed by atoms with Gasteiger partial charge in [0.05, 0.1) is 0 Å². The van der Waals surface area contributed by atoms with Gasteiger partial charge in [-0.25, -0.2) is 0 Å². The summed E-state index contributed by atoms with van der Waals surface area (Å²) in [6, 6.07) is 4.79. The maximum absolute atomic E-state index is 4.26. The molecule has 0 spiro atoms. The van der Waals surface area contributed by atoms with E-state index in [4.69, 9.17) is 0 Å². The van der Waals surface area contributed by atoms with Crippen LogP contribution < -0.4 is 5.32 Å². The number of nitrogens with one attached hydrogen (secondary N) is 1. The standard InChI is InChI=1S/C16H26N2/c1-4-6-7-8-9-10-16(17-5-2)15-11-12-18-14(3)13-15/h4,11-13,16-17H,1,5-10H2,2-3H3. The number of aryl methyl sites for hydroxylation is 1. The SMILES string of the molecule is C=CCCCCCC(NCC)c1ccnc(C)c1. The number of pyridine rings is 1. The summed E-state index contributed by atoms with van der Waals surface area (Å²) in [5.41, 5.74) is 2.47. The summed E-state index contributed by atoms with van der Waals surface area (Å²) < 4.78 is 0. The Morgan fingerprint density at radius 3 is 2.89 bits per heavy atom. The van der Waals surface area contributed by atoms with Crippen molar-refractivity contribution in [1.29, 1.82) is 0 Å². The van der Waals surface area contributed by atoms with Gasteiger partial charge in [0, 0.05) is 17.9 Å². The van der Waals surface area contributed by atoms with Gasteiger partial charge in [0.15, 0.2) is 0 Å². The molecule has 0 aliphatic carbocycles. The molecule has 1 aromatic heterocycles. The highest BCUT2D eigenvalue weighted by Crippen LogP contribution is 2.20. The van der Waals surface area contributed by atoms with Gasteiger partial charge in [0.25, 0.3) is 0 Å². The second-order valence-corrected chi connectivity index (χ2v) is 4.77. The molecule has 0 aliphatic heterocycles. The van der Waals surface area contributed by atoms with Crippen LogP contribution in [0, 0.1) is 6.92 Å². The highest BCUT2D eigenvalue weighted by molar-refractivity contribution is 5.19. The molecular formula is C16H26N2. The quantitative estimate of drug-likeness (QED) is 0.522. The molecule has 0 aliphatic rings. The second kappa shape index (κ2) is 8.87. The molecule has 0 bridgehead atoms. The molecule has 0 radical (unpaired) electrons. The van der Waals surface area contributed by atoms with E-state index >= 15 is 0 Å². The molecule has 0 saturated carbocycles. The van der Waals surface area contributed by atoms with E-state index in [9.17, 15) is 0 Å². The Morgan fingerprint density at radius 2 is 2.22 bits per heavy atom. The third-order valence-corrected chi connectivity index (χ3v) is 3.17. The van der Waals surface area contributed by atoms with Gasteiger partial charge in [0.2, 0.25) is 0 Å². The molecule has 100 valence electrons. The number of unbranched alkanes of at least 4 members (excludes halogenated alkanes) is 3. The van der Waals surface area contributed by atoms with E-state index in [1.807, 2.05) is 12.3 Å². The van der Waals surface area contributed by atoms with Gasteiger partial charge in [-0.3, -0.25) is 4.98 Å². The third-order valence-electron chi connectivity index (χ3n) is 3.17. The number of nitrogens with zero attached hydrogens (tertiary/aromatic N) is 1. The average Bonchev–Trinajstić information content (AvgIpc) is 2.37. The van der Waals surface area contributed by atoms with Crippen LogP contribution in [0.4, 0.5) is 0 Å².